The Labute approximate surface area is 72.7 Å². The second-order valence-corrected chi connectivity index (χ2v) is 3.14. The zero-order valence-electron chi connectivity index (χ0n) is 7.21. The number of allylic oxidation sites excluding steroid dienone is 2. The number of ketones is 2. The van der Waals surface area contributed by atoms with Crippen LogP contribution in [0.15, 0.2) is 12.2 Å². The van der Waals surface area contributed by atoms with Crippen LogP contribution in [-0.2, 0) is 9.59 Å². The molecule has 0 aromatic rings. The predicted molar refractivity (Wildman–Crippen MR) is 46.9 cm³/mol. The fourth-order valence-corrected chi connectivity index (χ4v) is 1.31. The summed E-state index contributed by atoms with van der Waals surface area (Å²) in [6, 6.07) is 0. The Morgan fingerprint density at radius 2 is 1.75 bits per heavy atom. The van der Waals surface area contributed by atoms with E-state index in [9.17, 15) is 9.59 Å². The van der Waals surface area contributed by atoms with Crippen molar-refractivity contribution in [1.82, 2.24) is 0 Å². The summed E-state index contributed by atoms with van der Waals surface area (Å²) in [6.45, 7) is 0. The molecule has 66 valence electrons. The zero-order valence-corrected chi connectivity index (χ0v) is 7.21. The maximum atomic E-state index is 11.0. The Kier molecular flexibility index (Phi) is 3.71. The minimum atomic E-state index is -0.322. The standard InChI is InChI=1S/C10H14O2/c11-9-7-5-3-1-2-4-6-8-10(9)12/h5,7H,1-4,6,8H2/b7-5-. The van der Waals surface area contributed by atoms with Gasteiger partial charge >= 0.3 is 0 Å². The molecule has 0 heterocycles. The first-order valence-corrected chi connectivity index (χ1v) is 4.54. The lowest BCUT2D eigenvalue weighted by molar-refractivity contribution is -0.133. The summed E-state index contributed by atoms with van der Waals surface area (Å²) in [5.41, 5.74) is 0. The highest BCUT2D eigenvalue weighted by atomic mass is 16.2. The first-order valence-electron chi connectivity index (χ1n) is 4.54. The second-order valence-electron chi connectivity index (χ2n) is 3.14. The van der Waals surface area contributed by atoms with E-state index in [-0.39, 0.29) is 11.6 Å². The number of hydrogen-bond donors (Lipinski definition) is 0. The van der Waals surface area contributed by atoms with Gasteiger partial charge in [0.15, 0.2) is 0 Å². The van der Waals surface area contributed by atoms with E-state index >= 15 is 0 Å². The maximum absolute atomic E-state index is 11.0. The number of hydrogen-bond acceptors (Lipinski definition) is 2. The summed E-state index contributed by atoms with van der Waals surface area (Å²) in [4.78, 5) is 22.0. The third kappa shape index (κ3) is 2.99. The van der Waals surface area contributed by atoms with Crippen molar-refractivity contribution in [2.75, 3.05) is 0 Å². The Morgan fingerprint density at radius 1 is 1.00 bits per heavy atom. The number of Topliss-reactive ketones (excluding diaryl/α,β-unsaturated/α-hetero) is 1. The van der Waals surface area contributed by atoms with Crippen LogP contribution in [0, 0.1) is 0 Å². The molecule has 12 heavy (non-hydrogen) atoms. The first kappa shape index (κ1) is 9.17. The highest BCUT2D eigenvalue weighted by molar-refractivity contribution is 6.41. The van der Waals surface area contributed by atoms with Crippen molar-refractivity contribution in [2.45, 2.75) is 38.5 Å². The SMILES string of the molecule is O=C1/C=C\CCCCCCC1=O. The molecule has 0 aromatic heterocycles. The minimum absolute atomic E-state index is 0.229. The van der Waals surface area contributed by atoms with Gasteiger partial charge in [0.25, 0.3) is 0 Å². The Balaban J connectivity index is 2.51. The van der Waals surface area contributed by atoms with Gasteiger partial charge in [-0.1, -0.05) is 18.9 Å². The molecule has 2 nitrogen and oxygen atoms in total. The maximum Gasteiger partial charge on any atom is 0.221 e. The molecule has 0 bridgehead atoms. The van der Waals surface area contributed by atoms with Gasteiger partial charge in [0, 0.05) is 6.42 Å². The lowest BCUT2D eigenvalue weighted by Gasteiger charge is -2.00. The predicted octanol–water partition coefficient (Wildman–Crippen LogP) is 2.04. The van der Waals surface area contributed by atoms with Gasteiger partial charge in [0.1, 0.15) is 0 Å². The molecule has 0 unspecified atom stereocenters. The molecular weight excluding hydrogens is 152 g/mol. The average Bonchev–Trinajstić information content (AvgIpc) is 2.08. The van der Waals surface area contributed by atoms with Crippen molar-refractivity contribution in [1.29, 1.82) is 0 Å². The highest BCUT2D eigenvalue weighted by Gasteiger charge is 2.09. The van der Waals surface area contributed by atoms with E-state index in [0.29, 0.717) is 6.42 Å². The second kappa shape index (κ2) is 4.86. The topological polar surface area (TPSA) is 34.1 Å². The van der Waals surface area contributed by atoms with E-state index in [0.717, 1.165) is 25.7 Å². The van der Waals surface area contributed by atoms with Crippen LogP contribution in [0.3, 0.4) is 0 Å². The number of carbonyl (C=O) groups excluding carboxylic acids is 2. The molecule has 0 spiro atoms. The molecule has 1 rings (SSSR count). The smallest absolute Gasteiger partial charge is 0.221 e. The minimum Gasteiger partial charge on any atom is -0.291 e. The van der Waals surface area contributed by atoms with Crippen LogP contribution < -0.4 is 0 Å². The van der Waals surface area contributed by atoms with E-state index in [2.05, 4.69) is 0 Å². The molecular formula is C10H14O2. The average molecular weight is 166 g/mol. The van der Waals surface area contributed by atoms with Crippen molar-refractivity contribution in [3.8, 4) is 0 Å². The van der Waals surface area contributed by atoms with E-state index in [4.69, 9.17) is 0 Å². The highest BCUT2D eigenvalue weighted by Crippen LogP contribution is 2.08. The summed E-state index contributed by atoms with van der Waals surface area (Å²) in [5.74, 6) is -0.551. The van der Waals surface area contributed by atoms with Crippen LogP contribution in [0.1, 0.15) is 38.5 Å². The van der Waals surface area contributed by atoms with E-state index in [1.807, 2.05) is 6.08 Å². The molecule has 0 amide bonds. The van der Waals surface area contributed by atoms with E-state index in [1.165, 1.54) is 12.5 Å². The van der Waals surface area contributed by atoms with Gasteiger partial charge < -0.3 is 0 Å². The fraction of sp³-hybridized carbons (Fsp3) is 0.600. The van der Waals surface area contributed by atoms with Crippen molar-refractivity contribution in [3.63, 3.8) is 0 Å². The zero-order chi connectivity index (χ0) is 8.81. The monoisotopic (exact) mass is 166 g/mol. The molecule has 0 N–H and O–H groups in total. The number of carbonyl (C=O) groups is 2. The van der Waals surface area contributed by atoms with Gasteiger partial charge in [-0.2, -0.15) is 0 Å². The van der Waals surface area contributed by atoms with Gasteiger partial charge in [0.2, 0.25) is 11.6 Å². The van der Waals surface area contributed by atoms with Crippen LogP contribution in [0.25, 0.3) is 0 Å². The molecule has 0 radical (unpaired) electrons. The van der Waals surface area contributed by atoms with Crippen molar-refractivity contribution < 1.29 is 9.59 Å². The van der Waals surface area contributed by atoms with Crippen LogP contribution in [0.4, 0.5) is 0 Å². The normalized spacial score (nSPS) is 23.7. The third-order valence-electron chi connectivity index (χ3n) is 2.07. The summed E-state index contributed by atoms with van der Waals surface area (Å²) in [7, 11) is 0. The first-order chi connectivity index (χ1) is 5.80. The summed E-state index contributed by atoms with van der Waals surface area (Å²) < 4.78 is 0. The van der Waals surface area contributed by atoms with Crippen LogP contribution >= 0.6 is 0 Å². The molecule has 1 aliphatic carbocycles. The summed E-state index contributed by atoms with van der Waals surface area (Å²) >= 11 is 0. The summed E-state index contributed by atoms with van der Waals surface area (Å²) in [5, 5.41) is 0. The Bertz CT molecular complexity index is 204. The van der Waals surface area contributed by atoms with Gasteiger partial charge in [-0.15, -0.1) is 0 Å². The van der Waals surface area contributed by atoms with Gasteiger partial charge in [-0.05, 0) is 25.3 Å². The molecule has 0 aromatic carbocycles. The lowest BCUT2D eigenvalue weighted by Crippen LogP contribution is -2.10. The fourth-order valence-electron chi connectivity index (χ4n) is 1.31. The van der Waals surface area contributed by atoms with Gasteiger partial charge in [-0.25, -0.2) is 0 Å². The van der Waals surface area contributed by atoms with Crippen molar-refractivity contribution in [2.24, 2.45) is 0 Å². The molecule has 1 aliphatic rings. The van der Waals surface area contributed by atoms with Crippen LogP contribution in [0.5, 0.6) is 0 Å². The Hall–Kier alpha value is -0.920. The molecule has 0 aliphatic heterocycles. The quantitative estimate of drug-likeness (QED) is 0.516. The van der Waals surface area contributed by atoms with Gasteiger partial charge in [0.05, 0.1) is 0 Å². The lowest BCUT2D eigenvalue weighted by atomic mass is 10.0. The van der Waals surface area contributed by atoms with E-state index in [1.54, 1.807) is 0 Å². The largest absolute Gasteiger partial charge is 0.291 e. The van der Waals surface area contributed by atoms with Gasteiger partial charge in [-0.3, -0.25) is 9.59 Å². The van der Waals surface area contributed by atoms with Crippen molar-refractivity contribution in [3.05, 3.63) is 12.2 Å². The molecule has 0 saturated heterocycles. The third-order valence-corrected chi connectivity index (χ3v) is 2.07. The number of rotatable bonds is 0. The molecule has 0 fully saturated rings. The summed E-state index contributed by atoms with van der Waals surface area (Å²) in [6.07, 6.45) is 8.86. The van der Waals surface area contributed by atoms with Crippen molar-refractivity contribution >= 4 is 11.6 Å². The molecule has 0 atom stereocenters. The van der Waals surface area contributed by atoms with Crippen LogP contribution in [0.2, 0.25) is 0 Å². The molecule has 0 saturated carbocycles. The van der Waals surface area contributed by atoms with Crippen LogP contribution in [-0.4, -0.2) is 11.6 Å². The van der Waals surface area contributed by atoms with E-state index < -0.39 is 0 Å². The molecule has 2 heteroatoms. The Morgan fingerprint density at radius 3 is 2.58 bits per heavy atom.